The lowest BCUT2D eigenvalue weighted by molar-refractivity contribution is -0.125. The Bertz CT molecular complexity index is 184. The van der Waals surface area contributed by atoms with Gasteiger partial charge in [-0.15, -0.1) is 0 Å². The number of nitrogens with one attached hydrogen (secondary N) is 1. The predicted molar refractivity (Wildman–Crippen MR) is 50.2 cm³/mol. The highest BCUT2D eigenvalue weighted by atomic mass is 16.3. The van der Waals surface area contributed by atoms with E-state index in [0.717, 1.165) is 13.1 Å². The summed E-state index contributed by atoms with van der Waals surface area (Å²) in [5.74, 6) is 0.589. The lowest BCUT2D eigenvalue weighted by atomic mass is 9.97. The average Bonchev–Trinajstić information content (AvgIpc) is 2.41. The molecule has 1 fully saturated rings. The molecule has 1 aliphatic rings. The van der Waals surface area contributed by atoms with Gasteiger partial charge >= 0.3 is 0 Å². The van der Waals surface area contributed by atoms with Crippen LogP contribution in [0, 0.1) is 11.8 Å². The van der Waals surface area contributed by atoms with Gasteiger partial charge in [-0.3, -0.25) is 4.79 Å². The highest BCUT2D eigenvalue weighted by molar-refractivity contribution is 5.79. The zero-order chi connectivity index (χ0) is 9.84. The molecule has 0 radical (unpaired) electrons. The van der Waals surface area contributed by atoms with E-state index in [1.807, 2.05) is 7.05 Å². The van der Waals surface area contributed by atoms with Gasteiger partial charge in [0.15, 0.2) is 0 Å². The van der Waals surface area contributed by atoms with Crippen molar-refractivity contribution in [2.75, 3.05) is 33.3 Å². The number of carbonyl (C=O) groups excluding carboxylic acids is 1. The third-order valence-electron chi connectivity index (χ3n) is 2.54. The van der Waals surface area contributed by atoms with Crippen molar-refractivity contribution in [3.63, 3.8) is 0 Å². The van der Waals surface area contributed by atoms with Crippen LogP contribution in [0.3, 0.4) is 0 Å². The first-order valence-electron chi connectivity index (χ1n) is 4.72. The van der Waals surface area contributed by atoms with Gasteiger partial charge in [0.25, 0.3) is 0 Å². The Labute approximate surface area is 78.9 Å². The maximum Gasteiger partial charge on any atom is 0.224 e. The molecule has 1 amide bonds. The van der Waals surface area contributed by atoms with Gasteiger partial charge < -0.3 is 15.3 Å². The molecule has 1 heterocycles. The molecule has 1 rings (SSSR count). The van der Waals surface area contributed by atoms with Gasteiger partial charge in [0, 0.05) is 19.6 Å². The summed E-state index contributed by atoms with van der Waals surface area (Å²) in [7, 11) is 2.02. The second kappa shape index (κ2) is 4.58. The summed E-state index contributed by atoms with van der Waals surface area (Å²) in [4.78, 5) is 13.7. The molecule has 13 heavy (non-hydrogen) atoms. The van der Waals surface area contributed by atoms with Crippen LogP contribution in [0.2, 0.25) is 0 Å². The topological polar surface area (TPSA) is 52.6 Å². The maximum absolute atomic E-state index is 11.5. The summed E-state index contributed by atoms with van der Waals surface area (Å²) in [6.07, 6.45) is 0. The number of hydrogen-bond acceptors (Lipinski definition) is 3. The fourth-order valence-corrected chi connectivity index (χ4v) is 1.86. The summed E-state index contributed by atoms with van der Waals surface area (Å²) in [6, 6.07) is 0. The van der Waals surface area contributed by atoms with Crippen molar-refractivity contribution in [3.05, 3.63) is 0 Å². The standard InChI is InChI=1S/C9H18N2O2/c1-7-5-11(2)6-8(7)9(13)10-3-4-12/h7-8,12H,3-6H2,1-2H3,(H,10,13)/t7-,8-/m1/s1. The molecule has 4 heteroatoms. The van der Waals surface area contributed by atoms with Crippen molar-refractivity contribution in [1.29, 1.82) is 0 Å². The average molecular weight is 186 g/mol. The molecule has 0 aromatic rings. The second-order valence-corrected chi connectivity index (χ2v) is 3.82. The van der Waals surface area contributed by atoms with Crippen molar-refractivity contribution in [3.8, 4) is 0 Å². The molecule has 0 aromatic carbocycles. The Kier molecular flexibility index (Phi) is 3.69. The lowest BCUT2D eigenvalue weighted by Gasteiger charge is -2.13. The van der Waals surface area contributed by atoms with Crippen molar-refractivity contribution in [2.24, 2.45) is 11.8 Å². The number of likely N-dealkylation sites (tertiary alicyclic amines) is 1. The van der Waals surface area contributed by atoms with E-state index in [2.05, 4.69) is 17.1 Å². The van der Waals surface area contributed by atoms with Crippen LogP contribution < -0.4 is 5.32 Å². The van der Waals surface area contributed by atoms with Crippen LogP contribution in [0.25, 0.3) is 0 Å². The van der Waals surface area contributed by atoms with Crippen LogP contribution in [0.15, 0.2) is 0 Å². The Balaban J connectivity index is 2.38. The van der Waals surface area contributed by atoms with Crippen LogP contribution in [-0.2, 0) is 4.79 Å². The highest BCUT2D eigenvalue weighted by Gasteiger charge is 2.32. The van der Waals surface area contributed by atoms with E-state index in [9.17, 15) is 4.79 Å². The van der Waals surface area contributed by atoms with E-state index in [4.69, 9.17) is 5.11 Å². The van der Waals surface area contributed by atoms with E-state index in [0.29, 0.717) is 12.5 Å². The van der Waals surface area contributed by atoms with Crippen LogP contribution >= 0.6 is 0 Å². The van der Waals surface area contributed by atoms with E-state index < -0.39 is 0 Å². The molecule has 4 nitrogen and oxygen atoms in total. The summed E-state index contributed by atoms with van der Waals surface area (Å²) in [6.45, 7) is 4.29. The number of amides is 1. The van der Waals surface area contributed by atoms with Gasteiger partial charge in [-0.05, 0) is 13.0 Å². The Morgan fingerprint density at radius 1 is 1.62 bits per heavy atom. The largest absolute Gasteiger partial charge is 0.395 e. The fourth-order valence-electron chi connectivity index (χ4n) is 1.86. The molecule has 1 aliphatic heterocycles. The van der Waals surface area contributed by atoms with Gasteiger partial charge in [0.05, 0.1) is 12.5 Å². The minimum atomic E-state index is 0.0165. The maximum atomic E-state index is 11.5. The summed E-state index contributed by atoms with van der Waals surface area (Å²) in [5.41, 5.74) is 0. The van der Waals surface area contributed by atoms with E-state index in [1.54, 1.807) is 0 Å². The Morgan fingerprint density at radius 3 is 2.77 bits per heavy atom. The molecule has 2 N–H and O–H groups in total. The molecule has 1 saturated heterocycles. The molecule has 76 valence electrons. The molecular formula is C9H18N2O2. The number of nitrogens with zero attached hydrogens (tertiary/aromatic N) is 1. The van der Waals surface area contributed by atoms with Crippen LogP contribution in [0.5, 0.6) is 0 Å². The first-order valence-corrected chi connectivity index (χ1v) is 4.72. The Morgan fingerprint density at radius 2 is 2.31 bits per heavy atom. The third-order valence-corrected chi connectivity index (χ3v) is 2.54. The van der Waals surface area contributed by atoms with Gasteiger partial charge in [-0.25, -0.2) is 0 Å². The third kappa shape index (κ3) is 2.67. The number of rotatable bonds is 3. The number of carbonyl (C=O) groups is 1. The van der Waals surface area contributed by atoms with Crippen molar-refractivity contribution >= 4 is 5.91 Å². The molecular weight excluding hydrogens is 168 g/mol. The monoisotopic (exact) mass is 186 g/mol. The summed E-state index contributed by atoms with van der Waals surface area (Å²) >= 11 is 0. The second-order valence-electron chi connectivity index (χ2n) is 3.82. The molecule has 2 atom stereocenters. The van der Waals surface area contributed by atoms with Gasteiger partial charge in [0.2, 0.25) is 5.91 Å². The number of aliphatic hydroxyl groups excluding tert-OH is 1. The minimum absolute atomic E-state index is 0.0165. The highest BCUT2D eigenvalue weighted by Crippen LogP contribution is 2.21. The minimum Gasteiger partial charge on any atom is -0.395 e. The van der Waals surface area contributed by atoms with E-state index in [1.165, 1.54) is 0 Å². The molecule has 0 aromatic heterocycles. The normalized spacial score (nSPS) is 29.2. The molecule has 0 unspecified atom stereocenters. The zero-order valence-corrected chi connectivity index (χ0v) is 8.29. The molecule has 0 bridgehead atoms. The van der Waals surface area contributed by atoms with Crippen molar-refractivity contribution in [2.45, 2.75) is 6.92 Å². The van der Waals surface area contributed by atoms with Gasteiger partial charge in [-0.1, -0.05) is 6.92 Å². The van der Waals surface area contributed by atoms with E-state index in [-0.39, 0.29) is 18.4 Å². The Hall–Kier alpha value is -0.610. The summed E-state index contributed by atoms with van der Waals surface area (Å²) < 4.78 is 0. The fraction of sp³-hybridized carbons (Fsp3) is 0.889. The first kappa shape index (κ1) is 10.5. The van der Waals surface area contributed by atoms with Crippen molar-refractivity contribution < 1.29 is 9.90 Å². The quantitative estimate of drug-likeness (QED) is 0.612. The van der Waals surface area contributed by atoms with E-state index >= 15 is 0 Å². The van der Waals surface area contributed by atoms with Crippen LogP contribution in [-0.4, -0.2) is 49.2 Å². The number of hydrogen-bond donors (Lipinski definition) is 2. The molecule has 0 saturated carbocycles. The molecule has 0 spiro atoms. The van der Waals surface area contributed by atoms with Gasteiger partial charge in [0.1, 0.15) is 0 Å². The van der Waals surface area contributed by atoms with Crippen LogP contribution in [0.4, 0.5) is 0 Å². The van der Waals surface area contributed by atoms with Gasteiger partial charge in [-0.2, -0.15) is 0 Å². The van der Waals surface area contributed by atoms with Crippen molar-refractivity contribution in [1.82, 2.24) is 10.2 Å². The SMILES string of the molecule is C[C@@H]1CN(C)C[C@H]1C(=O)NCCO. The predicted octanol–water partition coefficient (Wildman–Crippen LogP) is -0.707. The molecule has 0 aliphatic carbocycles. The smallest absolute Gasteiger partial charge is 0.224 e. The lowest BCUT2D eigenvalue weighted by Crippen LogP contribution is -2.35. The summed E-state index contributed by atoms with van der Waals surface area (Å²) in [5, 5.41) is 11.3. The van der Waals surface area contributed by atoms with Crippen LogP contribution in [0.1, 0.15) is 6.92 Å². The number of aliphatic hydroxyl groups is 1. The zero-order valence-electron chi connectivity index (χ0n) is 8.29. The first-order chi connectivity index (χ1) is 6.15.